The summed E-state index contributed by atoms with van der Waals surface area (Å²) in [6.45, 7) is 3.75. The molecule has 0 aliphatic carbocycles. The van der Waals surface area contributed by atoms with E-state index in [1.54, 1.807) is 0 Å². The van der Waals surface area contributed by atoms with Gasteiger partial charge in [0.1, 0.15) is 0 Å². The largest absolute Gasteiger partial charge is 0.394 e. The van der Waals surface area contributed by atoms with Crippen molar-refractivity contribution in [1.29, 1.82) is 0 Å². The predicted octanol–water partition coefficient (Wildman–Crippen LogP) is 7.23. The van der Waals surface area contributed by atoms with Crippen LogP contribution in [-0.4, -0.2) is 41.5 Å². The number of rotatable bonds is 19. The SMILES string of the molecule is CCCCCCCCCCCCCCCCCCNC(=O)S[C@H]1CCCO[C@H]1CO. The number of aliphatic hydroxyl groups excluding tert-OH is 1. The van der Waals surface area contributed by atoms with Crippen LogP contribution in [0.1, 0.15) is 122 Å². The number of nitrogens with one attached hydrogen (secondary N) is 1. The van der Waals surface area contributed by atoms with Crippen LogP contribution in [0.25, 0.3) is 0 Å². The molecule has 0 aromatic heterocycles. The van der Waals surface area contributed by atoms with E-state index in [1.165, 1.54) is 108 Å². The molecular weight excluding hydrogens is 394 g/mol. The van der Waals surface area contributed by atoms with Gasteiger partial charge < -0.3 is 15.2 Å². The van der Waals surface area contributed by atoms with Gasteiger partial charge in [0, 0.05) is 18.4 Å². The van der Waals surface area contributed by atoms with Crippen LogP contribution in [-0.2, 0) is 4.74 Å². The molecule has 0 saturated carbocycles. The summed E-state index contributed by atoms with van der Waals surface area (Å²) in [5.74, 6) is 0. The molecule has 1 heterocycles. The number of carbonyl (C=O) groups is 1. The van der Waals surface area contributed by atoms with Crippen LogP contribution in [0.2, 0.25) is 0 Å². The molecule has 1 aliphatic rings. The fraction of sp³-hybridized carbons (Fsp3) is 0.960. The number of thioether (sulfide) groups is 1. The Morgan fingerprint density at radius 3 is 1.87 bits per heavy atom. The van der Waals surface area contributed by atoms with Crippen LogP contribution in [0.4, 0.5) is 4.79 Å². The lowest BCUT2D eigenvalue weighted by Crippen LogP contribution is -2.37. The van der Waals surface area contributed by atoms with Gasteiger partial charge >= 0.3 is 0 Å². The molecule has 1 amide bonds. The molecule has 4 nitrogen and oxygen atoms in total. The molecule has 178 valence electrons. The molecule has 0 bridgehead atoms. The lowest BCUT2D eigenvalue weighted by molar-refractivity contribution is -0.0124. The van der Waals surface area contributed by atoms with Crippen molar-refractivity contribution in [2.24, 2.45) is 0 Å². The standard InChI is InChI=1S/C25H49NO3S/c1-2-3-4-5-6-7-8-9-10-11-12-13-14-15-16-17-20-26-25(28)30-24-19-18-21-29-23(24)22-27/h23-24,27H,2-22H2,1H3,(H,26,28)/t23-,24-/m0/s1. The summed E-state index contributed by atoms with van der Waals surface area (Å²) in [6.07, 6.45) is 23.6. The Labute approximate surface area is 190 Å². The van der Waals surface area contributed by atoms with Crippen molar-refractivity contribution in [2.45, 2.75) is 134 Å². The van der Waals surface area contributed by atoms with Crippen LogP contribution in [0.15, 0.2) is 0 Å². The quantitative estimate of drug-likeness (QED) is 0.207. The van der Waals surface area contributed by atoms with Gasteiger partial charge in [-0.05, 0) is 19.3 Å². The van der Waals surface area contributed by atoms with Crippen LogP contribution in [0.5, 0.6) is 0 Å². The van der Waals surface area contributed by atoms with Gasteiger partial charge in [-0.25, -0.2) is 0 Å². The molecule has 5 heteroatoms. The summed E-state index contributed by atoms with van der Waals surface area (Å²) >= 11 is 1.31. The van der Waals surface area contributed by atoms with Gasteiger partial charge in [-0.3, -0.25) is 4.79 Å². The van der Waals surface area contributed by atoms with Gasteiger partial charge in [0.25, 0.3) is 5.24 Å². The minimum Gasteiger partial charge on any atom is -0.394 e. The number of aliphatic hydroxyl groups is 1. The van der Waals surface area contributed by atoms with E-state index in [0.717, 1.165) is 25.8 Å². The summed E-state index contributed by atoms with van der Waals surface area (Å²) in [4.78, 5) is 12.0. The van der Waals surface area contributed by atoms with Crippen LogP contribution in [0.3, 0.4) is 0 Å². The van der Waals surface area contributed by atoms with Crippen molar-refractivity contribution >= 4 is 17.0 Å². The first-order chi connectivity index (χ1) is 14.8. The number of amides is 1. The Morgan fingerprint density at radius 1 is 0.867 bits per heavy atom. The summed E-state index contributed by atoms with van der Waals surface area (Å²) in [5.41, 5.74) is 0. The highest BCUT2D eigenvalue weighted by atomic mass is 32.2. The molecule has 30 heavy (non-hydrogen) atoms. The molecule has 0 unspecified atom stereocenters. The first kappa shape index (κ1) is 27.8. The summed E-state index contributed by atoms with van der Waals surface area (Å²) in [6, 6.07) is 0. The molecule has 2 N–H and O–H groups in total. The summed E-state index contributed by atoms with van der Waals surface area (Å²) < 4.78 is 5.53. The molecule has 1 saturated heterocycles. The van der Waals surface area contributed by atoms with Crippen molar-refractivity contribution in [1.82, 2.24) is 5.32 Å². The van der Waals surface area contributed by atoms with E-state index in [1.807, 2.05) is 0 Å². The van der Waals surface area contributed by atoms with E-state index in [4.69, 9.17) is 4.74 Å². The zero-order valence-corrected chi connectivity index (χ0v) is 20.5. The number of hydrogen-bond donors (Lipinski definition) is 2. The first-order valence-electron chi connectivity index (χ1n) is 12.9. The molecule has 0 spiro atoms. The number of unbranched alkanes of at least 4 members (excludes halogenated alkanes) is 15. The molecular formula is C25H49NO3S. The Hall–Kier alpha value is -0.260. The Kier molecular flexibility index (Phi) is 19.1. The number of ether oxygens (including phenoxy) is 1. The average Bonchev–Trinajstić information content (AvgIpc) is 2.76. The third-order valence-electron chi connectivity index (χ3n) is 6.12. The highest BCUT2D eigenvalue weighted by Crippen LogP contribution is 2.26. The van der Waals surface area contributed by atoms with Crippen molar-refractivity contribution < 1.29 is 14.6 Å². The van der Waals surface area contributed by atoms with Gasteiger partial charge in [0.2, 0.25) is 0 Å². The zero-order chi connectivity index (χ0) is 21.7. The third kappa shape index (κ3) is 15.5. The minimum absolute atomic E-state index is 0.00404. The van der Waals surface area contributed by atoms with Crippen molar-refractivity contribution in [2.75, 3.05) is 19.8 Å². The van der Waals surface area contributed by atoms with E-state index >= 15 is 0 Å². The van der Waals surface area contributed by atoms with E-state index in [0.29, 0.717) is 6.61 Å². The number of hydrogen-bond acceptors (Lipinski definition) is 4. The van der Waals surface area contributed by atoms with Crippen molar-refractivity contribution in [3.63, 3.8) is 0 Å². The molecule has 2 atom stereocenters. The number of carbonyl (C=O) groups excluding carboxylic acids is 1. The van der Waals surface area contributed by atoms with Crippen LogP contribution < -0.4 is 5.32 Å². The second kappa shape index (κ2) is 20.6. The van der Waals surface area contributed by atoms with Gasteiger partial charge in [-0.1, -0.05) is 115 Å². The van der Waals surface area contributed by atoms with Crippen molar-refractivity contribution in [3.05, 3.63) is 0 Å². The average molecular weight is 444 g/mol. The van der Waals surface area contributed by atoms with Gasteiger partial charge in [-0.2, -0.15) is 0 Å². The smallest absolute Gasteiger partial charge is 0.279 e. The van der Waals surface area contributed by atoms with Crippen LogP contribution >= 0.6 is 11.8 Å². The first-order valence-corrected chi connectivity index (χ1v) is 13.8. The maximum atomic E-state index is 12.0. The molecule has 1 rings (SSSR count). The van der Waals surface area contributed by atoms with E-state index < -0.39 is 0 Å². The third-order valence-corrected chi connectivity index (χ3v) is 7.32. The van der Waals surface area contributed by atoms with Crippen molar-refractivity contribution in [3.8, 4) is 0 Å². The second-order valence-corrected chi connectivity index (χ2v) is 10.1. The highest BCUT2D eigenvalue weighted by Gasteiger charge is 2.28. The maximum Gasteiger partial charge on any atom is 0.279 e. The molecule has 1 fully saturated rings. The van der Waals surface area contributed by atoms with E-state index in [2.05, 4.69) is 12.2 Å². The molecule has 0 aromatic rings. The Balaban J connectivity index is 1.78. The topological polar surface area (TPSA) is 58.6 Å². The summed E-state index contributed by atoms with van der Waals surface area (Å²) in [5, 5.41) is 12.5. The molecule has 0 radical (unpaired) electrons. The fourth-order valence-corrected chi connectivity index (χ4v) is 5.22. The second-order valence-electron chi connectivity index (χ2n) is 8.91. The normalized spacial score (nSPS) is 19.1. The van der Waals surface area contributed by atoms with E-state index in [9.17, 15) is 9.90 Å². The van der Waals surface area contributed by atoms with Gasteiger partial charge in [-0.15, -0.1) is 0 Å². The zero-order valence-electron chi connectivity index (χ0n) is 19.7. The van der Waals surface area contributed by atoms with Gasteiger partial charge in [0.05, 0.1) is 12.7 Å². The Bertz CT molecular complexity index is 395. The monoisotopic (exact) mass is 443 g/mol. The molecule has 1 aliphatic heterocycles. The van der Waals surface area contributed by atoms with Gasteiger partial charge in [0.15, 0.2) is 0 Å². The maximum absolute atomic E-state index is 12.0. The predicted molar refractivity (Wildman–Crippen MR) is 130 cm³/mol. The Morgan fingerprint density at radius 2 is 1.37 bits per heavy atom. The molecule has 0 aromatic carbocycles. The lowest BCUT2D eigenvalue weighted by Gasteiger charge is -2.29. The fourth-order valence-electron chi connectivity index (χ4n) is 4.16. The lowest BCUT2D eigenvalue weighted by atomic mass is 10.0. The highest BCUT2D eigenvalue weighted by molar-refractivity contribution is 8.14. The summed E-state index contributed by atoms with van der Waals surface area (Å²) in [7, 11) is 0. The van der Waals surface area contributed by atoms with E-state index in [-0.39, 0.29) is 23.2 Å². The van der Waals surface area contributed by atoms with Crippen LogP contribution in [0, 0.1) is 0 Å². The minimum atomic E-state index is -0.190.